The first kappa shape index (κ1) is 14.9. The number of nitro groups is 1. The minimum absolute atomic E-state index is 0.0409. The molecule has 0 spiro atoms. The van der Waals surface area contributed by atoms with Crippen LogP contribution in [0.5, 0.6) is 5.75 Å². The lowest BCUT2D eigenvalue weighted by Gasteiger charge is -2.14. The SMILES string of the molecule is NCCCC[C@H](N)c1cc([N+](=O)[O-])cc(Br)c1O. The van der Waals surface area contributed by atoms with Crippen molar-refractivity contribution in [3.63, 3.8) is 0 Å². The van der Waals surface area contributed by atoms with Gasteiger partial charge in [0.1, 0.15) is 5.75 Å². The number of halogens is 1. The summed E-state index contributed by atoms with van der Waals surface area (Å²) in [6, 6.07) is 2.13. The number of hydrogen-bond donors (Lipinski definition) is 3. The molecule has 0 aliphatic carbocycles. The van der Waals surface area contributed by atoms with Gasteiger partial charge in [-0.25, -0.2) is 0 Å². The first-order valence-electron chi connectivity index (χ1n) is 5.59. The fraction of sp³-hybridized carbons (Fsp3) is 0.455. The van der Waals surface area contributed by atoms with Crippen molar-refractivity contribution in [2.24, 2.45) is 11.5 Å². The Morgan fingerprint density at radius 3 is 2.67 bits per heavy atom. The summed E-state index contributed by atoms with van der Waals surface area (Å²) in [4.78, 5) is 10.2. The molecule has 6 nitrogen and oxygen atoms in total. The molecule has 0 heterocycles. The van der Waals surface area contributed by atoms with Gasteiger partial charge in [0.15, 0.2) is 0 Å². The maximum absolute atomic E-state index is 10.7. The molecule has 18 heavy (non-hydrogen) atoms. The average Bonchev–Trinajstić information content (AvgIpc) is 2.32. The number of nitro benzene ring substituents is 1. The summed E-state index contributed by atoms with van der Waals surface area (Å²) in [6.07, 6.45) is 2.28. The van der Waals surface area contributed by atoms with Gasteiger partial charge in [0.2, 0.25) is 0 Å². The van der Waals surface area contributed by atoms with Gasteiger partial charge >= 0.3 is 0 Å². The number of non-ortho nitro benzene ring substituents is 1. The number of aromatic hydroxyl groups is 1. The van der Waals surface area contributed by atoms with Crippen molar-refractivity contribution in [3.05, 3.63) is 32.3 Å². The molecule has 1 aromatic carbocycles. The number of phenols is 1. The summed E-state index contributed by atoms with van der Waals surface area (Å²) in [5, 5.41) is 20.6. The second-order valence-corrected chi connectivity index (χ2v) is 4.87. The molecular formula is C11H16BrN3O3. The van der Waals surface area contributed by atoms with Crippen molar-refractivity contribution in [2.45, 2.75) is 25.3 Å². The van der Waals surface area contributed by atoms with Crippen molar-refractivity contribution >= 4 is 21.6 Å². The van der Waals surface area contributed by atoms with Crippen molar-refractivity contribution in [1.82, 2.24) is 0 Å². The van der Waals surface area contributed by atoms with Gasteiger partial charge in [-0.15, -0.1) is 0 Å². The van der Waals surface area contributed by atoms with E-state index in [-0.39, 0.29) is 15.9 Å². The van der Waals surface area contributed by atoms with Crippen LogP contribution in [0.1, 0.15) is 30.9 Å². The molecule has 7 heteroatoms. The standard InChI is InChI=1S/C11H16BrN3O3/c12-9-6-7(15(17)18)5-8(11(9)16)10(14)3-1-2-4-13/h5-6,10,16H,1-4,13-14H2/t10-/m0/s1. The Balaban J connectivity index is 2.95. The van der Waals surface area contributed by atoms with E-state index >= 15 is 0 Å². The molecule has 1 rings (SSSR count). The van der Waals surface area contributed by atoms with Crippen LogP contribution in [0.15, 0.2) is 16.6 Å². The van der Waals surface area contributed by atoms with E-state index in [1.807, 2.05) is 0 Å². The maximum Gasteiger partial charge on any atom is 0.271 e. The second kappa shape index (κ2) is 6.67. The molecule has 0 aromatic heterocycles. The van der Waals surface area contributed by atoms with E-state index in [1.165, 1.54) is 12.1 Å². The van der Waals surface area contributed by atoms with Crippen LogP contribution in [0.4, 0.5) is 5.69 Å². The molecule has 0 aliphatic heterocycles. The Hall–Kier alpha value is -1.18. The van der Waals surface area contributed by atoms with Crippen molar-refractivity contribution in [1.29, 1.82) is 0 Å². The largest absolute Gasteiger partial charge is 0.506 e. The minimum atomic E-state index is -0.514. The molecule has 1 atom stereocenters. The number of unbranched alkanes of at least 4 members (excludes halogenated alkanes) is 1. The van der Waals surface area contributed by atoms with Crippen LogP contribution in [0.25, 0.3) is 0 Å². The average molecular weight is 318 g/mol. The van der Waals surface area contributed by atoms with Gasteiger partial charge in [-0.05, 0) is 35.3 Å². The van der Waals surface area contributed by atoms with E-state index in [0.29, 0.717) is 18.5 Å². The van der Waals surface area contributed by atoms with Crippen LogP contribution in [-0.4, -0.2) is 16.6 Å². The van der Waals surface area contributed by atoms with E-state index in [2.05, 4.69) is 15.9 Å². The molecule has 0 amide bonds. The molecule has 100 valence electrons. The summed E-state index contributed by atoms with van der Waals surface area (Å²) in [5.41, 5.74) is 11.6. The zero-order valence-electron chi connectivity index (χ0n) is 9.80. The molecule has 0 saturated heterocycles. The molecule has 0 fully saturated rings. The van der Waals surface area contributed by atoms with Crippen LogP contribution in [0, 0.1) is 10.1 Å². The van der Waals surface area contributed by atoms with E-state index in [0.717, 1.165) is 12.8 Å². The minimum Gasteiger partial charge on any atom is -0.506 e. The molecule has 1 aromatic rings. The van der Waals surface area contributed by atoms with Gasteiger partial charge < -0.3 is 16.6 Å². The quantitative estimate of drug-likeness (QED) is 0.422. The Morgan fingerprint density at radius 2 is 2.11 bits per heavy atom. The molecule has 0 saturated carbocycles. The first-order chi connectivity index (χ1) is 8.47. The number of nitrogens with zero attached hydrogens (tertiary/aromatic N) is 1. The Labute approximate surface area is 113 Å². The van der Waals surface area contributed by atoms with Crippen molar-refractivity contribution in [2.75, 3.05) is 6.54 Å². The third-order valence-electron chi connectivity index (χ3n) is 2.66. The Bertz CT molecular complexity index is 440. The van der Waals surface area contributed by atoms with Crippen molar-refractivity contribution < 1.29 is 10.0 Å². The number of rotatable bonds is 6. The summed E-state index contributed by atoms with van der Waals surface area (Å²) < 4.78 is 0.279. The highest BCUT2D eigenvalue weighted by Gasteiger charge is 2.19. The van der Waals surface area contributed by atoms with Crippen LogP contribution in [-0.2, 0) is 0 Å². The van der Waals surface area contributed by atoms with E-state index in [4.69, 9.17) is 11.5 Å². The van der Waals surface area contributed by atoms with E-state index in [1.54, 1.807) is 0 Å². The number of nitrogens with two attached hydrogens (primary N) is 2. The van der Waals surface area contributed by atoms with Crippen molar-refractivity contribution in [3.8, 4) is 5.75 Å². The molecule has 5 N–H and O–H groups in total. The summed E-state index contributed by atoms with van der Waals surface area (Å²) in [7, 11) is 0. The third kappa shape index (κ3) is 3.66. The van der Waals surface area contributed by atoms with Gasteiger partial charge in [0.05, 0.1) is 9.40 Å². The maximum atomic E-state index is 10.7. The Morgan fingerprint density at radius 1 is 1.44 bits per heavy atom. The number of benzene rings is 1. The summed E-state index contributed by atoms with van der Waals surface area (Å²) in [6.45, 7) is 0.581. The van der Waals surface area contributed by atoms with Crippen LogP contribution in [0.2, 0.25) is 0 Å². The Kier molecular flexibility index (Phi) is 5.52. The fourth-order valence-electron chi connectivity index (χ4n) is 1.66. The van der Waals surface area contributed by atoms with Crippen LogP contribution in [0.3, 0.4) is 0 Å². The smallest absolute Gasteiger partial charge is 0.271 e. The number of phenolic OH excluding ortho intramolecular Hbond substituents is 1. The molecular weight excluding hydrogens is 302 g/mol. The van der Waals surface area contributed by atoms with Gasteiger partial charge in [-0.2, -0.15) is 0 Å². The normalized spacial score (nSPS) is 12.4. The summed E-state index contributed by atoms with van der Waals surface area (Å²) >= 11 is 3.09. The highest BCUT2D eigenvalue weighted by Crippen LogP contribution is 2.36. The first-order valence-corrected chi connectivity index (χ1v) is 6.39. The van der Waals surface area contributed by atoms with Gasteiger partial charge in [-0.1, -0.05) is 6.42 Å². The van der Waals surface area contributed by atoms with Gasteiger partial charge in [-0.3, -0.25) is 10.1 Å². The van der Waals surface area contributed by atoms with Crippen LogP contribution >= 0.6 is 15.9 Å². The molecule has 0 bridgehead atoms. The van der Waals surface area contributed by atoms with Crippen LogP contribution < -0.4 is 11.5 Å². The third-order valence-corrected chi connectivity index (χ3v) is 3.26. The zero-order chi connectivity index (χ0) is 13.7. The van der Waals surface area contributed by atoms with Gasteiger partial charge in [0.25, 0.3) is 5.69 Å². The zero-order valence-corrected chi connectivity index (χ0v) is 11.4. The predicted octanol–water partition coefficient (Wildman–Crippen LogP) is 2.19. The van der Waals surface area contributed by atoms with E-state index in [9.17, 15) is 15.2 Å². The predicted molar refractivity (Wildman–Crippen MR) is 72.3 cm³/mol. The van der Waals surface area contributed by atoms with E-state index < -0.39 is 11.0 Å². The monoisotopic (exact) mass is 317 g/mol. The summed E-state index contributed by atoms with van der Waals surface area (Å²) in [5.74, 6) is -0.0409. The highest BCUT2D eigenvalue weighted by atomic mass is 79.9. The topological polar surface area (TPSA) is 115 Å². The second-order valence-electron chi connectivity index (χ2n) is 4.01. The lowest BCUT2D eigenvalue weighted by molar-refractivity contribution is -0.385. The van der Waals surface area contributed by atoms with Gasteiger partial charge in [0, 0.05) is 23.7 Å². The molecule has 0 aliphatic rings. The molecule has 0 unspecified atom stereocenters. The lowest BCUT2D eigenvalue weighted by atomic mass is 10.0. The highest BCUT2D eigenvalue weighted by molar-refractivity contribution is 9.10. The fourth-order valence-corrected chi connectivity index (χ4v) is 2.12. The number of hydrogen-bond acceptors (Lipinski definition) is 5. The lowest BCUT2D eigenvalue weighted by Crippen LogP contribution is -2.12. The molecule has 0 radical (unpaired) electrons.